The van der Waals surface area contributed by atoms with Gasteiger partial charge in [0.1, 0.15) is 11.9 Å². The molecule has 0 bridgehead atoms. The van der Waals surface area contributed by atoms with Crippen LogP contribution in [-0.4, -0.2) is 21.1 Å². The van der Waals surface area contributed by atoms with Crippen molar-refractivity contribution < 1.29 is 0 Å². The summed E-state index contributed by atoms with van der Waals surface area (Å²) in [5.41, 5.74) is 2.17. The van der Waals surface area contributed by atoms with Crippen molar-refractivity contribution in [3.63, 3.8) is 0 Å². The molecule has 0 saturated heterocycles. The quantitative estimate of drug-likeness (QED) is 0.903. The monoisotopic (exact) mass is 269 g/mol. The van der Waals surface area contributed by atoms with Gasteiger partial charge in [-0.2, -0.15) is 5.26 Å². The number of nitrogens with one attached hydrogen (secondary N) is 1. The van der Waals surface area contributed by atoms with E-state index in [1.165, 1.54) is 0 Å². The first-order chi connectivity index (χ1) is 9.61. The first kappa shape index (κ1) is 14.2. The minimum absolute atomic E-state index is 0.353. The van der Waals surface area contributed by atoms with Crippen molar-refractivity contribution in [2.75, 3.05) is 6.54 Å². The van der Waals surface area contributed by atoms with Gasteiger partial charge >= 0.3 is 0 Å². The van der Waals surface area contributed by atoms with Crippen LogP contribution in [0, 0.1) is 24.2 Å². The number of hydrogen-bond acceptors (Lipinski definition) is 4. The van der Waals surface area contributed by atoms with Gasteiger partial charge in [0.05, 0.1) is 0 Å². The van der Waals surface area contributed by atoms with Crippen LogP contribution in [0.25, 0.3) is 5.82 Å². The van der Waals surface area contributed by atoms with E-state index in [1.54, 1.807) is 17.0 Å². The van der Waals surface area contributed by atoms with Gasteiger partial charge in [0.25, 0.3) is 0 Å². The van der Waals surface area contributed by atoms with Crippen LogP contribution < -0.4 is 5.32 Å². The Morgan fingerprint density at radius 3 is 2.85 bits per heavy atom. The third-order valence-corrected chi connectivity index (χ3v) is 2.96. The van der Waals surface area contributed by atoms with Gasteiger partial charge in [-0.15, -0.1) is 0 Å². The van der Waals surface area contributed by atoms with Crippen LogP contribution in [0.3, 0.4) is 0 Å². The summed E-state index contributed by atoms with van der Waals surface area (Å²) in [6, 6.07) is 4.16. The second-order valence-corrected chi connectivity index (χ2v) is 5.24. The summed E-state index contributed by atoms with van der Waals surface area (Å²) in [5, 5.41) is 12.4. The van der Waals surface area contributed by atoms with Crippen LogP contribution in [0.5, 0.6) is 0 Å². The second kappa shape index (κ2) is 6.31. The van der Waals surface area contributed by atoms with Gasteiger partial charge in [-0.3, -0.25) is 4.57 Å². The molecule has 0 aliphatic rings. The number of nitrogens with zero attached hydrogens (tertiary/aromatic N) is 4. The van der Waals surface area contributed by atoms with Crippen molar-refractivity contribution in [2.24, 2.45) is 5.92 Å². The molecule has 0 atom stereocenters. The lowest BCUT2D eigenvalue weighted by Crippen LogP contribution is -2.19. The summed E-state index contributed by atoms with van der Waals surface area (Å²) < 4.78 is 1.71. The molecule has 0 aromatic carbocycles. The number of rotatable bonds is 5. The fraction of sp³-hybridized carbons (Fsp3) is 0.400. The van der Waals surface area contributed by atoms with Gasteiger partial charge in [0.15, 0.2) is 0 Å². The van der Waals surface area contributed by atoms with E-state index in [2.05, 4.69) is 41.3 Å². The van der Waals surface area contributed by atoms with Crippen LogP contribution in [0.15, 0.2) is 24.7 Å². The van der Waals surface area contributed by atoms with E-state index in [9.17, 15) is 0 Å². The summed E-state index contributed by atoms with van der Waals surface area (Å²) in [6.07, 6.45) is 5.21. The molecule has 0 spiro atoms. The topological polar surface area (TPSA) is 66.5 Å². The Balaban J connectivity index is 2.16. The van der Waals surface area contributed by atoms with Gasteiger partial charge in [-0.05, 0) is 36.6 Å². The molecule has 1 N–H and O–H groups in total. The summed E-state index contributed by atoms with van der Waals surface area (Å²) in [7, 11) is 0. The highest BCUT2D eigenvalue weighted by Gasteiger charge is 2.08. The smallest absolute Gasteiger partial charge is 0.218 e. The van der Waals surface area contributed by atoms with E-state index in [1.807, 2.05) is 13.1 Å². The lowest BCUT2D eigenvalue weighted by atomic mass is 10.2. The summed E-state index contributed by atoms with van der Waals surface area (Å²) in [4.78, 5) is 8.45. The summed E-state index contributed by atoms with van der Waals surface area (Å²) >= 11 is 0. The zero-order chi connectivity index (χ0) is 14.5. The van der Waals surface area contributed by atoms with Crippen LogP contribution in [-0.2, 0) is 6.54 Å². The predicted octanol–water partition coefficient (Wildman–Crippen LogP) is 2.19. The zero-order valence-corrected chi connectivity index (χ0v) is 12.1. The molecule has 0 saturated carbocycles. The van der Waals surface area contributed by atoms with Crippen molar-refractivity contribution in [2.45, 2.75) is 27.3 Å². The zero-order valence-electron chi connectivity index (χ0n) is 12.1. The maximum Gasteiger partial charge on any atom is 0.218 e. The summed E-state index contributed by atoms with van der Waals surface area (Å²) in [5.74, 6) is 1.74. The van der Waals surface area contributed by atoms with Crippen molar-refractivity contribution in [1.82, 2.24) is 19.9 Å². The molecule has 2 aromatic rings. The molecule has 5 heteroatoms. The molecule has 0 fully saturated rings. The van der Waals surface area contributed by atoms with Crippen LogP contribution >= 0.6 is 0 Å². The lowest BCUT2D eigenvalue weighted by molar-refractivity contribution is 0.551. The minimum Gasteiger partial charge on any atom is -0.312 e. The molecule has 2 heterocycles. The number of aromatic nitrogens is 3. The Morgan fingerprint density at radius 1 is 1.40 bits per heavy atom. The van der Waals surface area contributed by atoms with Crippen molar-refractivity contribution in [3.8, 4) is 11.9 Å². The molecular formula is C15H19N5. The normalized spacial score (nSPS) is 10.8. The highest BCUT2D eigenvalue weighted by Crippen LogP contribution is 2.14. The molecule has 5 nitrogen and oxygen atoms in total. The average Bonchev–Trinajstić information content (AvgIpc) is 2.86. The maximum atomic E-state index is 9.01. The van der Waals surface area contributed by atoms with E-state index in [0.717, 1.165) is 30.0 Å². The maximum absolute atomic E-state index is 9.01. The number of nitriles is 1. The molecule has 0 unspecified atom stereocenters. The Morgan fingerprint density at radius 2 is 2.20 bits per heavy atom. The molecule has 0 aliphatic heterocycles. The molecular weight excluding hydrogens is 250 g/mol. The number of hydrogen-bond donors (Lipinski definition) is 1. The van der Waals surface area contributed by atoms with Gasteiger partial charge in [-0.25, -0.2) is 9.97 Å². The van der Waals surface area contributed by atoms with Gasteiger partial charge in [0.2, 0.25) is 5.82 Å². The number of pyridine rings is 1. The Labute approximate surface area is 119 Å². The molecule has 104 valence electrons. The minimum atomic E-state index is 0.353. The number of aryl methyl sites for hydroxylation is 1. The van der Waals surface area contributed by atoms with Crippen LogP contribution in [0.4, 0.5) is 0 Å². The molecule has 0 aliphatic carbocycles. The van der Waals surface area contributed by atoms with Crippen LogP contribution in [0.2, 0.25) is 0 Å². The van der Waals surface area contributed by atoms with E-state index in [-0.39, 0.29) is 0 Å². The SMILES string of the molecule is Cc1cc(CNCC(C)C)cnc1-n1ccnc1C#N. The van der Waals surface area contributed by atoms with Gasteiger partial charge in [0, 0.05) is 25.1 Å². The molecule has 20 heavy (non-hydrogen) atoms. The lowest BCUT2D eigenvalue weighted by Gasteiger charge is -2.10. The average molecular weight is 269 g/mol. The molecule has 0 radical (unpaired) electrons. The van der Waals surface area contributed by atoms with E-state index in [0.29, 0.717) is 11.7 Å². The van der Waals surface area contributed by atoms with Gasteiger partial charge in [-0.1, -0.05) is 13.8 Å². The van der Waals surface area contributed by atoms with Crippen LogP contribution in [0.1, 0.15) is 30.8 Å². The van der Waals surface area contributed by atoms with Crippen molar-refractivity contribution >= 4 is 0 Å². The number of imidazole rings is 1. The first-order valence-electron chi connectivity index (χ1n) is 6.72. The van der Waals surface area contributed by atoms with Crippen molar-refractivity contribution in [1.29, 1.82) is 5.26 Å². The predicted molar refractivity (Wildman–Crippen MR) is 77.4 cm³/mol. The molecule has 0 amide bonds. The van der Waals surface area contributed by atoms with E-state index >= 15 is 0 Å². The highest BCUT2D eigenvalue weighted by molar-refractivity contribution is 5.38. The Hall–Kier alpha value is -2.19. The Kier molecular flexibility index (Phi) is 4.49. The van der Waals surface area contributed by atoms with Gasteiger partial charge < -0.3 is 5.32 Å². The van der Waals surface area contributed by atoms with E-state index in [4.69, 9.17) is 5.26 Å². The third-order valence-electron chi connectivity index (χ3n) is 2.96. The largest absolute Gasteiger partial charge is 0.312 e. The fourth-order valence-electron chi connectivity index (χ4n) is 2.04. The highest BCUT2D eigenvalue weighted by atomic mass is 15.1. The first-order valence-corrected chi connectivity index (χ1v) is 6.72. The molecule has 2 rings (SSSR count). The van der Waals surface area contributed by atoms with E-state index < -0.39 is 0 Å². The third kappa shape index (κ3) is 3.22. The second-order valence-electron chi connectivity index (χ2n) is 5.24. The Bertz CT molecular complexity index is 621. The standard InChI is InChI=1S/C15H19N5/c1-11(2)8-17-9-13-6-12(3)15(19-10-13)20-5-4-18-14(20)7-16/h4-6,10-11,17H,8-9H2,1-3H3. The fourth-order valence-corrected chi connectivity index (χ4v) is 2.04. The van der Waals surface area contributed by atoms with Crippen molar-refractivity contribution in [3.05, 3.63) is 41.6 Å². The summed E-state index contributed by atoms with van der Waals surface area (Å²) in [6.45, 7) is 8.15. The molecule has 2 aromatic heterocycles.